The van der Waals surface area contributed by atoms with Gasteiger partial charge in [-0.25, -0.2) is 15.6 Å². The van der Waals surface area contributed by atoms with Crippen molar-refractivity contribution in [3.05, 3.63) is 35.4 Å². The highest BCUT2D eigenvalue weighted by atomic mass is 19.4. The van der Waals surface area contributed by atoms with Gasteiger partial charge in [-0.1, -0.05) is 18.2 Å². The summed E-state index contributed by atoms with van der Waals surface area (Å²) in [7, 11) is 0. The second kappa shape index (κ2) is 4.40. The Labute approximate surface area is 89.0 Å². The van der Waals surface area contributed by atoms with Crippen LogP contribution in [0.2, 0.25) is 0 Å². The molecular formula is C9H9F3N2O2. The molecule has 1 rings (SSSR count). The van der Waals surface area contributed by atoms with Crippen LogP contribution in [-0.2, 0) is 12.7 Å². The van der Waals surface area contributed by atoms with Gasteiger partial charge < -0.3 is 5.11 Å². The number of amides is 1. The van der Waals surface area contributed by atoms with Crippen LogP contribution >= 0.6 is 0 Å². The second-order valence-electron chi connectivity index (χ2n) is 3.07. The summed E-state index contributed by atoms with van der Waals surface area (Å²) in [5, 5.41) is 8.75. The van der Waals surface area contributed by atoms with Crippen molar-refractivity contribution in [2.45, 2.75) is 12.7 Å². The molecule has 4 nitrogen and oxygen atoms in total. The molecule has 0 aromatic heterocycles. The molecule has 7 heteroatoms. The van der Waals surface area contributed by atoms with Crippen molar-refractivity contribution in [3.63, 3.8) is 0 Å². The van der Waals surface area contributed by atoms with E-state index in [1.807, 2.05) is 0 Å². The van der Waals surface area contributed by atoms with Crippen molar-refractivity contribution in [2.24, 2.45) is 5.84 Å². The van der Waals surface area contributed by atoms with Gasteiger partial charge in [0.05, 0.1) is 12.1 Å². The summed E-state index contributed by atoms with van der Waals surface area (Å²) in [5.41, 5.74) is -1.06. The Morgan fingerprint density at radius 3 is 2.44 bits per heavy atom. The Bertz CT molecular complexity index is 393. The van der Waals surface area contributed by atoms with Gasteiger partial charge >= 0.3 is 12.3 Å². The van der Waals surface area contributed by atoms with E-state index >= 15 is 0 Å². The van der Waals surface area contributed by atoms with Gasteiger partial charge in [0.2, 0.25) is 0 Å². The summed E-state index contributed by atoms with van der Waals surface area (Å²) in [5.74, 6) is 5.03. The zero-order valence-electron chi connectivity index (χ0n) is 8.03. The van der Waals surface area contributed by atoms with E-state index in [4.69, 9.17) is 10.9 Å². The molecule has 0 fully saturated rings. The lowest BCUT2D eigenvalue weighted by atomic mass is 10.1. The fourth-order valence-electron chi connectivity index (χ4n) is 1.19. The number of nitrogens with two attached hydrogens (primary N) is 1. The third-order valence-corrected chi connectivity index (χ3v) is 1.91. The molecule has 0 radical (unpaired) electrons. The molecular weight excluding hydrogens is 225 g/mol. The highest BCUT2D eigenvalue weighted by molar-refractivity contribution is 5.64. The maximum atomic E-state index is 12.5. The van der Waals surface area contributed by atoms with Gasteiger partial charge in [-0.2, -0.15) is 13.2 Å². The molecule has 0 unspecified atom stereocenters. The Morgan fingerprint density at radius 2 is 1.94 bits per heavy atom. The molecule has 3 N–H and O–H groups in total. The molecule has 0 aliphatic rings. The lowest BCUT2D eigenvalue weighted by molar-refractivity contribution is -0.138. The van der Waals surface area contributed by atoms with E-state index in [1.54, 1.807) is 0 Å². The van der Waals surface area contributed by atoms with E-state index in [-0.39, 0.29) is 5.56 Å². The number of carbonyl (C=O) groups is 1. The first-order chi connectivity index (χ1) is 7.32. The molecule has 0 heterocycles. The van der Waals surface area contributed by atoms with Crippen LogP contribution in [0, 0.1) is 0 Å². The number of alkyl halides is 3. The normalized spacial score (nSPS) is 11.2. The maximum absolute atomic E-state index is 12.5. The van der Waals surface area contributed by atoms with Crippen molar-refractivity contribution in [2.75, 3.05) is 0 Å². The number of rotatable bonds is 2. The average Bonchev–Trinajstić information content (AvgIpc) is 2.16. The van der Waals surface area contributed by atoms with Crippen molar-refractivity contribution >= 4 is 6.09 Å². The number of benzene rings is 1. The highest BCUT2D eigenvalue weighted by Gasteiger charge is 2.33. The summed E-state index contributed by atoms with van der Waals surface area (Å²) in [4.78, 5) is 10.4. The number of halogens is 3. The summed E-state index contributed by atoms with van der Waals surface area (Å²) >= 11 is 0. The predicted molar refractivity (Wildman–Crippen MR) is 49.2 cm³/mol. The summed E-state index contributed by atoms with van der Waals surface area (Å²) < 4.78 is 37.5. The smallest absolute Gasteiger partial charge is 0.421 e. The lowest BCUT2D eigenvalue weighted by Gasteiger charge is -2.16. The molecule has 0 saturated heterocycles. The SMILES string of the molecule is NN(Cc1ccccc1C(F)(F)F)C(=O)O. The fourth-order valence-corrected chi connectivity index (χ4v) is 1.19. The van der Waals surface area contributed by atoms with E-state index in [0.717, 1.165) is 6.07 Å². The van der Waals surface area contributed by atoms with Crippen LogP contribution in [0.4, 0.5) is 18.0 Å². The van der Waals surface area contributed by atoms with Crippen LogP contribution in [0.25, 0.3) is 0 Å². The van der Waals surface area contributed by atoms with Crippen LogP contribution in [0.15, 0.2) is 24.3 Å². The predicted octanol–water partition coefficient (Wildman–Crippen LogP) is 2.06. The lowest BCUT2D eigenvalue weighted by Crippen LogP contribution is -2.36. The minimum Gasteiger partial charge on any atom is -0.464 e. The number of hydrogen-bond donors (Lipinski definition) is 2. The van der Waals surface area contributed by atoms with E-state index in [2.05, 4.69) is 0 Å². The average molecular weight is 234 g/mol. The fraction of sp³-hybridized carbons (Fsp3) is 0.222. The van der Waals surface area contributed by atoms with Gasteiger partial charge in [0.25, 0.3) is 0 Å². The Hall–Kier alpha value is -1.76. The van der Waals surface area contributed by atoms with Crippen molar-refractivity contribution in [3.8, 4) is 0 Å². The van der Waals surface area contributed by atoms with E-state index in [0.29, 0.717) is 5.01 Å². The first-order valence-corrected chi connectivity index (χ1v) is 4.22. The number of carboxylic acid groups (broad SMARTS) is 1. The van der Waals surface area contributed by atoms with Crippen LogP contribution in [-0.4, -0.2) is 16.2 Å². The highest BCUT2D eigenvalue weighted by Crippen LogP contribution is 2.32. The summed E-state index contributed by atoms with van der Waals surface area (Å²) in [6, 6.07) is 4.69. The third kappa shape index (κ3) is 2.86. The van der Waals surface area contributed by atoms with Crippen molar-refractivity contribution in [1.82, 2.24) is 5.01 Å². The molecule has 0 aliphatic heterocycles. The largest absolute Gasteiger partial charge is 0.464 e. The van der Waals surface area contributed by atoms with Crippen LogP contribution < -0.4 is 5.84 Å². The molecule has 1 amide bonds. The molecule has 0 saturated carbocycles. The van der Waals surface area contributed by atoms with E-state index in [1.165, 1.54) is 18.2 Å². The van der Waals surface area contributed by atoms with Crippen molar-refractivity contribution in [1.29, 1.82) is 0 Å². The first kappa shape index (κ1) is 12.3. The Balaban J connectivity index is 3.01. The number of nitrogens with zero attached hydrogens (tertiary/aromatic N) is 1. The Kier molecular flexibility index (Phi) is 3.38. The first-order valence-electron chi connectivity index (χ1n) is 4.22. The third-order valence-electron chi connectivity index (χ3n) is 1.91. The van der Waals surface area contributed by atoms with Gasteiger partial charge in [0, 0.05) is 0 Å². The van der Waals surface area contributed by atoms with Gasteiger partial charge in [0.15, 0.2) is 0 Å². The standard InChI is InChI=1S/C9H9F3N2O2/c10-9(11,12)7-4-2-1-3-6(7)5-14(13)8(15)16/h1-4H,5,13H2,(H,15,16). The number of hydrazine groups is 1. The van der Waals surface area contributed by atoms with Gasteiger partial charge in [-0.05, 0) is 11.6 Å². The zero-order valence-corrected chi connectivity index (χ0v) is 8.03. The van der Waals surface area contributed by atoms with Crippen molar-refractivity contribution < 1.29 is 23.1 Å². The summed E-state index contributed by atoms with van der Waals surface area (Å²) in [6.07, 6.45) is -6.01. The summed E-state index contributed by atoms with van der Waals surface area (Å²) in [6.45, 7) is -0.509. The maximum Gasteiger partial charge on any atom is 0.421 e. The Morgan fingerprint density at radius 1 is 1.38 bits per heavy atom. The van der Waals surface area contributed by atoms with Gasteiger partial charge in [-0.3, -0.25) is 0 Å². The topological polar surface area (TPSA) is 66.6 Å². The van der Waals surface area contributed by atoms with Gasteiger partial charge in [0.1, 0.15) is 0 Å². The van der Waals surface area contributed by atoms with Crippen LogP contribution in [0.3, 0.4) is 0 Å². The molecule has 88 valence electrons. The van der Waals surface area contributed by atoms with Gasteiger partial charge in [-0.15, -0.1) is 0 Å². The van der Waals surface area contributed by atoms with Crippen LogP contribution in [0.1, 0.15) is 11.1 Å². The number of hydrogen-bond acceptors (Lipinski definition) is 2. The molecule has 0 spiro atoms. The molecule has 1 aromatic rings. The minimum absolute atomic E-state index is 0.181. The molecule has 0 atom stereocenters. The van der Waals surface area contributed by atoms with E-state index < -0.39 is 24.4 Å². The minimum atomic E-state index is -4.52. The molecule has 0 aliphatic carbocycles. The zero-order chi connectivity index (χ0) is 12.3. The monoisotopic (exact) mass is 234 g/mol. The molecule has 1 aromatic carbocycles. The second-order valence-corrected chi connectivity index (χ2v) is 3.07. The molecule has 16 heavy (non-hydrogen) atoms. The quantitative estimate of drug-likeness (QED) is 0.467. The van der Waals surface area contributed by atoms with E-state index in [9.17, 15) is 18.0 Å². The molecule has 0 bridgehead atoms. The van der Waals surface area contributed by atoms with Crippen LogP contribution in [0.5, 0.6) is 0 Å².